The van der Waals surface area contributed by atoms with Crippen LogP contribution in [0.15, 0.2) is 0 Å². The molecule has 10 atom stereocenters. The molecular weight excluding hydrogens is 436 g/mol. The Kier molecular flexibility index (Phi) is 7.39. The Balaban J connectivity index is 1.56. The van der Waals surface area contributed by atoms with Gasteiger partial charge in [-0.3, -0.25) is 4.79 Å². The van der Waals surface area contributed by atoms with Crippen LogP contribution in [0.5, 0.6) is 0 Å². The Bertz CT molecular complexity index is 785. The monoisotopic (exact) mass is 490 g/mol. The van der Waals surface area contributed by atoms with E-state index in [4.69, 9.17) is 4.74 Å². The highest BCUT2D eigenvalue weighted by Gasteiger charge is 2.70. The predicted octanol–water partition coefficient (Wildman–Crippen LogP) is 6.56. The molecule has 202 valence electrons. The van der Waals surface area contributed by atoms with Gasteiger partial charge in [0.05, 0.1) is 11.7 Å². The van der Waals surface area contributed by atoms with Crippen LogP contribution < -0.4 is 0 Å². The molecule has 0 aromatic carbocycles. The first-order valence-corrected chi connectivity index (χ1v) is 14.8. The molecule has 0 amide bonds. The van der Waals surface area contributed by atoms with E-state index < -0.39 is 17.1 Å². The van der Waals surface area contributed by atoms with E-state index in [9.17, 15) is 15.0 Å². The fourth-order valence-corrected chi connectivity index (χ4v) is 9.58. The van der Waals surface area contributed by atoms with Crippen molar-refractivity contribution in [3.63, 3.8) is 0 Å². The van der Waals surface area contributed by atoms with Crippen molar-refractivity contribution in [2.45, 2.75) is 143 Å². The number of aliphatic hydroxyl groups is 2. The zero-order chi connectivity index (χ0) is 26.0. The maximum Gasteiger partial charge on any atom is 0.167 e. The fraction of sp³-hybridized carbons (Fsp3) is 0.968. The Labute approximate surface area is 215 Å². The minimum absolute atomic E-state index is 0.0737. The van der Waals surface area contributed by atoms with Crippen LogP contribution in [0.2, 0.25) is 0 Å². The van der Waals surface area contributed by atoms with Gasteiger partial charge < -0.3 is 14.9 Å². The van der Waals surface area contributed by atoms with Gasteiger partial charge in [-0.15, -0.1) is 0 Å². The highest BCUT2D eigenvalue weighted by atomic mass is 16.5. The molecule has 4 nitrogen and oxygen atoms in total. The highest BCUT2D eigenvalue weighted by molar-refractivity contribution is 5.89. The van der Waals surface area contributed by atoms with E-state index in [1.165, 1.54) is 25.7 Å². The maximum absolute atomic E-state index is 13.9. The van der Waals surface area contributed by atoms with Gasteiger partial charge in [-0.1, -0.05) is 53.9 Å². The Morgan fingerprint density at radius 2 is 1.69 bits per heavy atom. The Hall–Kier alpha value is -0.450. The maximum atomic E-state index is 13.9. The molecular formula is C31H54O4. The SMILES string of the molecule is CC(C)CCCC(C)[C@H]1CCC2C3C(=O)[C@H](O)[C@@]4(O)CC(OC(C)(C)C)CC[C@]4(C)C3CC[C@@]21C. The van der Waals surface area contributed by atoms with Crippen LogP contribution in [0, 0.1) is 46.3 Å². The molecule has 4 heteroatoms. The number of ketones is 1. The summed E-state index contributed by atoms with van der Waals surface area (Å²) in [6.07, 6.45) is 8.95. The minimum Gasteiger partial charge on any atom is -0.386 e. The van der Waals surface area contributed by atoms with E-state index >= 15 is 0 Å². The molecule has 0 heterocycles. The van der Waals surface area contributed by atoms with Gasteiger partial charge >= 0.3 is 0 Å². The number of hydrogen-bond acceptors (Lipinski definition) is 4. The van der Waals surface area contributed by atoms with Crippen molar-refractivity contribution in [3.05, 3.63) is 0 Å². The number of Topliss-reactive ketones (excluding diaryl/α,β-unsaturated/α-hetero) is 1. The van der Waals surface area contributed by atoms with E-state index in [2.05, 4.69) is 34.6 Å². The summed E-state index contributed by atoms with van der Waals surface area (Å²) in [6.45, 7) is 17.8. The van der Waals surface area contributed by atoms with Crippen LogP contribution in [0.3, 0.4) is 0 Å². The molecule has 0 bridgehead atoms. The van der Waals surface area contributed by atoms with Crippen molar-refractivity contribution in [1.82, 2.24) is 0 Å². The number of rotatable bonds is 6. The summed E-state index contributed by atoms with van der Waals surface area (Å²) >= 11 is 0. The quantitative estimate of drug-likeness (QED) is 0.443. The van der Waals surface area contributed by atoms with Gasteiger partial charge in [-0.25, -0.2) is 0 Å². The van der Waals surface area contributed by atoms with Crippen LogP contribution in [-0.2, 0) is 9.53 Å². The number of ether oxygens (including phenoxy) is 1. The summed E-state index contributed by atoms with van der Waals surface area (Å²) in [5.41, 5.74) is -1.97. The van der Waals surface area contributed by atoms with Gasteiger partial charge in [0, 0.05) is 17.8 Å². The van der Waals surface area contributed by atoms with E-state index in [0.717, 1.165) is 38.0 Å². The van der Waals surface area contributed by atoms with Gasteiger partial charge in [0.1, 0.15) is 11.7 Å². The summed E-state index contributed by atoms with van der Waals surface area (Å²) in [7, 11) is 0. The summed E-state index contributed by atoms with van der Waals surface area (Å²) < 4.78 is 6.25. The zero-order valence-electron chi connectivity index (χ0n) is 23.9. The average Bonchev–Trinajstić information content (AvgIpc) is 3.09. The van der Waals surface area contributed by atoms with Gasteiger partial charge in [0.25, 0.3) is 0 Å². The number of carbonyl (C=O) groups is 1. The normalized spacial score (nSPS) is 46.8. The molecule has 4 aliphatic rings. The Morgan fingerprint density at radius 3 is 2.31 bits per heavy atom. The second kappa shape index (κ2) is 9.38. The molecule has 2 N–H and O–H groups in total. The fourth-order valence-electron chi connectivity index (χ4n) is 9.58. The third kappa shape index (κ3) is 4.56. The van der Waals surface area contributed by atoms with Crippen molar-refractivity contribution in [1.29, 1.82) is 0 Å². The molecule has 0 saturated heterocycles. The molecule has 0 spiro atoms. The number of hydrogen-bond donors (Lipinski definition) is 2. The molecule has 5 unspecified atom stereocenters. The number of fused-ring (bicyclic) bond motifs is 5. The molecule has 4 fully saturated rings. The molecule has 4 saturated carbocycles. The van der Waals surface area contributed by atoms with Crippen LogP contribution in [-0.4, -0.2) is 39.4 Å². The predicted molar refractivity (Wildman–Crippen MR) is 141 cm³/mol. The lowest BCUT2D eigenvalue weighted by Gasteiger charge is -2.64. The van der Waals surface area contributed by atoms with E-state index in [1.807, 2.05) is 20.8 Å². The third-order valence-electron chi connectivity index (χ3n) is 11.4. The van der Waals surface area contributed by atoms with Gasteiger partial charge in [-0.05, 0) is 94.3 Å². The average molecular weight is 491 g/mol. The van der Waals surface area contributed by atoms with Crippen molar-refractivity contribution < 1.29 is 19.7 Å². The minimum atomic E-state index is -1.39. The van der Waals surface area contributed by atoms with E-state index in [1.54, 1.807) is 0 Å². The standard InChI is InChI=1S/C31H54O4/c1-19(2)10-9-11-20(3)22-12-13-23-25-24(15-16-29(22,23)7)30(8)17-14-21(35-28(4,5)6)18-31(30,34)27(33)26(25)32/h19-25,27,33-34H,9-18H2,1-8H3/t20?,21?,22-,23?,24?,25?,27+,29-,30-,31+/m1/s1. The zero-order valence-corrected chi connectivity index (χ0v) is 23.9. The smallest absolute Gasteiger partial charge is 0.167 e. The lowest BCUT2D eigenvalue weighted by Crippen LogP contribution is -2.72. The summed E-state index contributed by atoms with van der Waals surface area (Å²) in [5, 5.41) is 23.5. The van der Waals surface area contributed by atoms with Crippen LogP contribution >= 0.6 is 0 Å². The molecule has 0 radical (unpaired) electrons. The van der Waals surface area contributed by atoms with Crippen LogP contribution in [0.1, 0.15) is 120 Å². The molecule has 4 rings (SSSR count). The summed E-state index contributed by atoms with van der Waals surface area (Å²) in [5.74, 6) is 2.42. The topological polar surface area (TPSA) is 66.8 Å². The second-order valence-electron chi connectivity index (χ2n) is 15.0. The second-order valence-corrected chi connectivity index (χ2v) is 15.0. The lowest BCUT2D eigenvalue weighted by molar-refractivity contribution is -0.259. The molecule has 0 aliphatic heterocycles. The van der Waals surface area contributed by atoms with Gasteiger partial charge in [0.2, 0.25) is 0 Å². The van der Waals surface area contributed by atoms with E-state index in [0.29, 0.717) is 24.2 Å². The van der Waals surface area contributed by atoms with Gasteiger partial charge in [-0.2, -0.15) is 0 Å². The molecule has 0 aromatic heterocycles. The molecule has 4 aliphatic carbocycles. The summed E-state index contributed by atoms with van der Waals surface area (Å²) in [4.78, 5) is 13.9. The Morgan fingerprint density at radius 1 is 1.00 bits per heavy atom. The first-order valence-electron chi connectivity index (χ1n) is 14.8. The van der Waals surface area contributed by atoms with Crippen LogP contribution in [0.4, 0.5) is 0 Å². The molecule has 0 aromatic rings. The van der Waals surface area contributed by atoms with Gasteiger partial charge in [0.15, 0.2) is 5.78 Å². The van der Waals surface area contributed by atoms with Crippen LogP contribution in [0.25, 0.3) is 0 Å². The van der Waals surface area contributed by atoms with Crippen molar-refractivity contribution >= 4 is 5.78 Å². The van der Waals surface area contributed by atoms with Crippen molar-refractivity contribution in [2.75, 3.05) is 0 Å². The number of carbonyl (C=O) groups excluding carboxylic acids is 1. The first-order chi connectivity index (χ1) is 16.1. The van der Waals surface area contributed by atoms with Crippen molar-refractivity contribution in [3.8, 4) is 0 Å². The highest BCUT2D eigenvalue weighted by Crippen LogP contribution is 2.68. The first kappa shape index (κ1) is 27.6. The number of aliphatic hydroxyl groups excluding tert-OH is 1. The van der Waals surface area contributed by atoms with E-state index in [-0.39, 0.29) is 34.7 Å². The largest absolute Gasteiger partial charge is 0.386 e. The summed E-state index contributed by atoms with van der Waals surface area (Å²) in [6, 6.07) is 0. The van der Waals surface area contributed by atoms with Crippen molar-refractivity contribution in [2.24, 2.45) is 46.3 Å². The molecule has 35 heavy (non-hydrogen) atoms. The lowest BCUT2D eigenvalue weighted by atomic mass is 9.42. The third-order valence-corrected chi connectivity index (χ3v) is 11.4.